The number of nitriles is 1. The van der Waals surface area contributed by atoms with Gasteiger partial charge in [-0.05, 0) is 18.6 Å². The van der Waals surface area contributed by atoms with Gasteiger partial charge in [-0.15, -0.1) is 11.8 Å². The highest BCUT2D eigenvalue weighted by Gasteiger charge is 2.06. The molecule has 1 atom stereocenters. The predicted octanol–water partition coefficient (Wildman–Crippen LogP) is 2.87. The van der Waals surface area contributed by atoms with Crippen LogP contribution < -0.4 is 0 Å². The Balaban J connectivity index is 2.53. The van der Waals surface area contributed by atoms with Crippen LogP contribution in [-0.4, -0.2) is 10.2 Å². The number of pyridine rings is 1. The summed E-state index contributed by atoms with van der Waals surface area (Å²) in [5.74, 6) is 0. The highest BCUT2D eigenvalue weighted by atomic mass is 32.2. The van der Waals surface area contributed by atoms with E-state index in [1.54, 1.807) is 24.2 Å². The summed E-state index contributed by atoms with van der Waals surface area (Å²) < 4.78 is 0. The molecule has 0 N–H and O–H groups in total. The highest BCUT2D eigenvalue weighted by Crippen LogP contribution is 2.26. The van der Waals surface area contributed by atoms with E-state index in [9.17, 15) is 0 Å². The lowest BCUT2D eigenvalue weighted by Gasteiger charge is -2.09. The van der Waals surface area contributed by atoms with Gasteiger partial charge >= 0.3 is 0 Å². The maximum atomic E-state index is 8.57. The fourth-order valence-electron chi connectivity index (χ4n) is 0.980. The van der Waals surface area contributed by atoms with E-state index in [2.05, 4.69) is 18.0 Å². The minimum absolute atomic E-state index is 0.410. The molecule has 0 aliphatic heterocycles. The molecule has 1 heterocycles. The van der Waals surface area contributed by atoms with E-state index in [0.717, 1.165) is 6.42 Å². The average molecular weight is 192 g/mol. The van der Waals surface area contributed by atoms with Gasteiger partial charge in [-0.1, -0.05) is 6.92 Å². The van der Waals surface area contributed by atoms with Gasteiger partial charge in [0, 0.05) is 29.0 Å². The van der Waals surface area contributed by atoms with Crippen molar-refractivity contribution in [3.05, 3.63) is 24.5 Å². The molecule has 0 aliphatic carbocycles. The first-order chi connectivity index (χ1) is 6.36. The van der Waals surface area contributed by atoms with Crippen molar-refractivity contribution >= 4 is 11.8 Å². The second kappa shape index (κ2) is 5.60. The normalized spacial score (nSPS) is 12.0. The predicted molar refractivity (Wildman–Crippen MR) is 54.4 cm³/mol. The highest BCUT2D eigenvalue weighted by molar-refractivity contribution is 8.00. The first-order valence-corrected chi connectivity index (χ1v) is 5.18. The minimum Gasteiger partial charge on any atom is -0.265 e. The van der Waals surface area contributed by atoms with Crippen molar-refractivity contribution in [2.24, 2.45) is 0 Å². The van der Waals surface area contributed by atoms with Gasteiger partial charge in [0.1, 0.15) is 0 Å². The molecule has 0 fully saturated rings. The molecule has 0 bridgehead atoms. The van der Waals surface area contributed by atoms with Crippen LogP contribution in [0.4, 0.5) is 0 Å². The van der Waals surface area contributed by atoms with Gasteiger partial charge in [0.05, 0.1) is 6.07 Å². The number of aromatic nitrogens is 1. The molecular formula is C10H12N2S. The van der Waals surface area contributed by atoms with Crippen LogP contribution in [0.2, 0.25) is 0 Å². The molecule has 0 saturated heterocycles. The van der Waals surface area contributed by atoms with Gasteiger partial charge in [-0.2, -0.15) is 5.26 Å². The summed E-state index contributed by atoms with van der Waals surface area (Å²) in [6.45, 7) is 2.11. The smallest absolute Gasteiger partial charge is 0.0633 e. The number of rotatable bonds is 4. The third kappa shape index (κ3) is 3.47. The lowest BCUT2D eigenvalue weighted by Crippen LogP contribution is -1.98. The maximum Gasteiger partial charge on any atom is 0.0633 e. The molecular weight excluding hydrogens is 180 g/mol. The Morgan fingerprint density at radius 1 is 1.54 bits per heavy atom. The van der Waals surface area contributed by atoms with Gasteiger partial charge in [0.2, 0.25) is 0 Å². The molecule has 1 aromatic heterocycles. The van der Waals surface area contributed by atoms with E-state index >= 15 is 0 Å². The van der Waals surface area contributed by atoms with E-state index in [0.29, 0.717) is 11.7 Å². The Morgan fingerprint density at radius 3 is 2.77 bits per heavy atom. The number of nitrogens with zero attached hydrogens (tertiary/aromatic N) is 2. The van der Waals surface area contributed by atoms with Crippen molar-refractivity contribution in [3.8, 4) is 6.07 Å². The van der Waals surface area contributed by atoms with Crippen molar-refractivity contribution in [3.63, 3.8) is 0 Å². The fraction of sp³-hybridized carbons (Fsp3) is 0.400. The Hall–Kier alpha value is -1.01. The minimum atomic E-state index is 0.410. The SMILES string of the molecule is CCC(CC#N)Sc1ccncc1. The second-order valence-corrected chi connectivity index (χ2v) is 4.07. The summed E-state index contributed by atoms with van der Waals surface area (Å²) >= 11 is 1.75. The van der Waals surface area contributed by atoms with Gasteiger partial charge < -0.3 is 0 Å². The monoisotopic (exact) mass is 192 g/mol. The van der Waals surface area contributed by atoms with E-state index in [4.69, 9.17) is 5.26 Å². The van der Waals surface area contributed by atoms with E-state index in [1.165, 1.54) is 4.90 Å². The van der Waals surface area contributed by atoms with Crippen LogP contribution in [0.25, 0.3) is 0 Å². The van der Waals surface area contributed by atoms with E-state index in [1.807, 2.05) is 12.1 Å². The van der Waals surface area contributed by atoms with E-state index in [-0.39, 0.29) is 0 Å². The first kappa shape index (κ1) is 10.1. The number of hydrogen-bond acceptors (Lipinski definition) is 3. The molecule has 0 saturated carbocycles. The molecule has 68 valence electrons. The summed E-state index contributed by atoms with van der Waals surface area (Å²) in [7, 11) is 0. The molecule has 3 heteroatoms. The topological polar surface area (TPSA) is 36.7 Å². The van der Waals surface area contributed by atoms with Crippen molar-refractivity contribution < 1.29 is 0 Å². The summed E-state index contributed by atoms with van der Waals surface area (Å²) in [5, 5.41) is 8.98. The van der Waals surface area contributed by atoms with Gasteiger partial charge in [0.15, 0.2) is 0 Å². The Labute approximate surface area is 83.0 Å². The zero-order chi connectivity index (χ0) is 9.52. The third-order valence-corrected chi connectivity index (χ3v) is 3.10. The van der Waals surface area contributed by atoms with Crippen molar-refractivity contribution in [2.45, 2.75) is 29.9 Å². The van der Waals surface area contributed by atoms with Crippen LogP contribution in [0.3, 0.4) is 0 Å². The Morgan fingerprint density at radius 2 is 2.23 bits per heavy atom. The summed E-state index contributed by atoms with van der Waals surface area (Å²) in [5.41, 5.74) is 0. The van der Waals surface area contributed by atoms with Crippen LogP contribution in [0, 0.1) is 11.3 Å². The molecule has 1 rings (SSSR count). The summed E-state index contributed by atoms with van der Waals surface area (Å²) in [6.07, 6.45) is 5.20. The summed E-state index contributed by atoms with van der Waals surface area (Å²) in [4.78, 5) is 5.14. The van der Waals surface area contributed by atoms with Crippen molar-refractivity contribution in [1.82, 2.24) is 4.98 Å². The molecule has 0 amide bonds. The number of thioether (sulfide) groups is 1. The number of hydrogen-bond donors (Lipinski definition) is 0. The van der Waals surface area contributed by atoms with Gasteiger partial charge in [0.25, 0.3) is 0 Å². The maximum absolute atomic E-state index is 8.57. The van der Waals surface area contributed by atoms with Crippen LogP contribution >= 0.6 is 11.8 Å². The van der Waals surface area contributed by atoms with Crippen LogP contribution in [-0.2, 0) is 0 Å². The Kier molecular flexibility index (Phi) is 4.34. The van der Waals surface area contributed by atoms with Crippen LogP contribution in [0.15, 0.2) is 29.4 Å². The average Bonchev–Trinajstić information content (AvgIpc) is 2.19. The molecule has 13 heavy (non-hydrogen) atoms. The van der Waals surface area contributed by atoms with E-state index < -0.39 is 0 Å². The molecule has 2 nitrogen and oxygen atoms in total. The lowest BCUT2D eigenvalue weighted by atomic mass is 10.3. The third-order valence-electron chi connectivity index (χ3n) is 1.73. The van der Waals surface area contributed by atoms with Gasteiger partial charge in [-0.3, -0.25) is 4.98 Å². The quantitative estimate of drug-likeness (QED) is 0.688. The molecule has 0 spiro atoms. The van der Waals surface area contributed by atoms with Gasteiger partial charge in [-0.25, -0.2) is 0 Å². The van der Waals surface area contributed by atoms with Crippen LogP contribution in [0.1, 0.15) is 19.8 Å². The molecule has 1 unspecified atom stereocenters. The molecule has 0 aliphatic rings. The lowest BCUT2D eigenvalue weighted by molar-refractivity contribution is 0.842. The largest absolute Gasteiger partial charge is 0.265 e. The van der Waals surface area contributed by atoms with Crippen molar-refractivity contribution in [1.29, 1.82) is 5.26 Å². The summed E-state index contributed by atoms with van der Waals surface area (Å²) in [6, 6.07) is 6.16. The fourth-order valence-corrected chi connectivity index (χ4v) is 1.97. The zero-order valence-corrected chi connectivity index (χ0v) is 8.42. The second-order valence-electron chi connectivity index (χ2n) is 2.69. The Bertz CT molecular complexity index is 279. The first-order valence-electron chi connectivity index (χ1n) is 4.30. The molecule has 0 aromatic carbocycles. The zero-order valence-electron chi connectivity index (χ0n) is 7.60. The standard InChI is InChI=1S/C10H12N2S/c1-2-9(3-6-11)13-10-4-7-12-8-5-10/h4-5,7-9H,2-3H2,1H3. The van der Waals surface area contributed by atoms with Crippen molar-refractivity contribution in [2.75, 3.05) is 0 Å². The van der Waals surface area contributed by atoms with Crippen LogP contribution in [0.5, 0.6) is 0 Å². The molecule has 1 aromatic rings. The molecule has 0 radical (unpaired) electrons.